The van der Waals surface area contributed by atoms with Gasteiger partial charge in [0, 0.05) is 23.3 Å². The van der Waals surface area contributed by atoms with Gasteiger partial charge in [0.2, 0.25) is 12.5 Å². The molecule has 2 fully saturated rings. The van der Waals surface area contributed by atoms with Crippen LogP contribution in [0.15, 0.2) is 58.4 Å². The summed E-state index contributed by atoms with van der Waals surface area (Å²) >= 11 is 25.1. The van der Waals surface area contributed by atoms with E-state index in [0.29, 0.717) is 23.1 Å². The maximum Gasteiger partial charge on any atom is 0.499 e. The van der Waals surface area contributed by atoms with E-state index in [1.165, 1.54) is 32.7 Å². The highest BCUT2D eigenvalue weighted by Crippen LogP contribution is 2.29. The van der Waals surface area contributed by atoms with Crippen LogP contribution in [0.4, 0.5) is 11.6 Å². The van der Waals surface area contributed by atoms with Crippen molar-refractivity contribution < 1.29 is 68.4 Å². The highest BCUT2D eigenvalue weighted by molar-refractivity contribution is 8.00. The highest BCUT2D eigenvalue weighted by atomic mass is 35.5. The second kappa shape index (κ2) is 21.9. The fraction of sp³-hybridized carbons (Fsp3) is 0.250. The second-order valence-electron chi connectivity index (χ2n) is 11.1. The summed E-state index contributed by atoms with van der Waals surface area (Å²) in [5.74, 6) is -4.10. The van der Waals surface area contributed by atoms with Crippen LogP contribution in [0.3, 0.4) is 0 Å². The molecule has 0 bridgehead atoms. The first kappa shape index (κ1) is 47.8. The van der Waals surface area contributed by atoms with Crippen LogP contribution >= 0.6 is 69.9 Å². The van der Waals surface area contributed by atoms with Gasteiger partial charge in [-0.05, 0) is 24.3 Å². The molecule has 2 saturated heterocycles. The van der Waals surface area contributed by atoms with Gasteiger partial charge in [0.05, 0.1) is 67.9 Å². The Morgan fingerprint density at radius 2 is 0.983 bits per heavy atom. The first-order valence-electron chi connectivity index (χ1n) is 15.7. The predicted octanol–water partition coefficient (Wildman–Crippen LogP) is -0.240. The zero-order chi connectivity index (χ0) is 43.4. The van der Waals surface area contributed by atoms with Crippen LogP contribution < -0.4 is 42.2 Å². The molecule has 0 radical (unpaired) electrons. The van der Waals surface area contributed by atoms with Crippen LogP contribution in [0.5, 0.6) is 0 Å². The van der Waals surface area contributed by atoms with E-state index in [9.17, 15) is 39.0 Å². The number of aliphatic hydroxyl groups excluding tert-OH is 2. The van der Waals surface area contributed by atoms with Crippen molar-refractivity contribution in [3.63, 3.8) is 0 Å². The lowest BCUT2D eigenvalue weighted by Gasteiger charge is -2.08. The van der Waals surface area contributed by atoms with Crippen molar-refractivity contribution >= 4 is 105 Å². The first-order chi connectivity index (χ1) is 27.3. The van der Waals surface area contributed by atoms with Crippen LogP contribution in [-0.2, 0) is 9.47 Å². The van der Waals surface area contributed by atoms with E-state index in [-0.39, 0.29) is 68.0 Å². The summed E-state index contributed by atoms with van der Waals surface area (Å²) in [6.07, 6.45) is 2.49. The van der Waals surface area contributed by atoms with Crippen molar-refractivity contribution in [2.45, 2.75) is 23.3 Å². The number of nitrogens with two attached hydrogens (primary N) is 2. The number of carboxylic acid groups (broad SMARTS) is 4. The molecular formula is C32H30Cl4N6O14S2. The standard InChI is InChI=1S/2C8H4Cl2O4.2C8H11N3O3S/c2*9-5-1-3(7(11)12)4(8(13)14)2-6(5)10;2*9-5-1-2-11(8(13)10-5)6-4-15-7(3-12)14-6/h2*1-2H,(H,11,12)(H,13,14);2*1-2,6-7,12H,3-4H2,(H2,9,10,13)/t;;2*6-,7+/m..00/s1. The van der Waals surface area contributed by atoms with Gasteiger partial charge < -0.3 is 61.2 Å². The topological polar surface area (TPSA) is 339 Å². The number of nitrogens with zero attached hydrogens (tertiary/aromatic N) is 2. The lowest BCUT2D eigenvalue weighted by atomic mass is 10.1. The largest absolute Gasteiger partial charge is 0.545 e. The number of nitrogen functional groups attached to an aromatic ring is 2. The Labute approximate surface area is 353 Å². The number of halogens is 4. The normalized spacial score (nSPS) is 18.0. The fourth-order valence-corrected chi connectivity index (χ4v) is 7.04. The van der Waals surface area contributed by atoms with Crippen LogP contribution in [0, 0.1) is 0 Å². The second-order valence-corrected chi connectivity index (χ2v) is 15.1. The third-order valence-corrected chi connectivity index (χ3v) is 10.9. The van der Waals surface area contributed by atoms with Crippen molar-refractivity contribution in [1.29, 1.82) is 0 Å². The molecule has 58 heavy (non-hydrogen) atoms. The Morgan fingerprint density at radius 1 is 0.672 bits per heavy atom. The number of anilines is 2. The third kappa shape index (κ3) is 13.2. The summed E-state index contributed by atoms with van der Waals surface area (Å²) in [5.41, 5.74) is 7.86. The number of aromatic amines is 2. The number of rotatable bonds is 8. The molecular weight excluding hydrogens is 898 g/mol. The van der Waals surface area contributed by atoms with Crippen LogP contribution in [0.2, 0.25) is 20.1 Å². The zero-order valence-corrected chi connectivity index (χ0v) is 33.7. The summed E-state index contributed by atoms with van der Waals surface area (Å²) in [6, 6.07) is 7.03. The summed E-state index contributed by atoms with van der Waals surface area (Å²) in [4.78, 5) is 70.2. The monoisotopic (exact) mass is 926 g/mol. The Kier molecular flexibility index (Phi) is 18.1. The molecule has 26 heteroatoms. The minimum atomic E-state index is -1.61. The number of aromatic carboxylic acids is 4. The molecule has 4 heterocycles. The molecule has 20 nitrogen and oxygen atoms in total. The molecule has 2 aliphatic heterocycles. The molecule has 2 aromatic heterocycles. The van der Waals surface area contributed by atoms with Gasteiger partial charge in [-0.3, -0.25) is 0 Å². The van der Waals surface area contributed by atoms with Gasteiger partial charge in [-0.2, -0.15) is 28.7 Å². The molecule has 0 amide bonds. The van der Waals surface area contributed by atoms with E-state index in [0.717, 1.165) is 24.3 Å². The minimum Gasteiger partial charge on any atom is -0.545 e. The van der Waals surface area contributed by atoms with Gasteiger partial charge >= 0.3 is 23.3 Å². The highest BCUT2D eigenvalue weighted by Gasteiger charge is 2.32. The molecule has 6 rings (SSSR count). The number of nitrogens with one attached hydrogen (secondary N) is 2. The van der Waals surface area contributed by atoms with E-state index in [1.807, 2.05) is 0 Å². The van der Waals surface area contributed by atoms with Crippen LogP contribution in [0.1, 0.15) is 53.9 Å². The Morgan fingerprint density at radius 3 is 1.22 bits per heavy atom. The number of hydrogen-bond acceptors (Lipinski definition) is 16. The lowest BCUT2D eigenvalue weighted by molar-refractivity contribution is -0.771. The van der Waals surface area contributed by atoms with Crippen molar-refractivity contribution in [2.75, 3.05) is 36.2 Å². The average Bonchev–Trinajstić information content (AvgIpc) is 3.84. The SMILES string of the molecule is Nc1cc[n+]([C@@H]2CS[C@H](CO)O2)c(=O)[nH]1.Nc1cc[n+]([C@@H]2CS[C@H](CO)O2)c(=O)[nH]1.O=C([O-])c1cc(Cl)c(Cl)cc1C(=O)O.O=C([O-])c1cc(Cl)c(Cl)cc1C(=O)O. The quantitative estimate of drug-likeness (QED) is 0.106. The van der Waals surface area contributed by atoms with Crippen molar-refractivity contribution in [3.8, 4) is 0 Å². The summed E-state index contributed by atoms with van der Waals surface area (Å²) in [5, 5.41) is 56.0. The minimum absolute atomic E-state index is 0.0194. The Balaban J connectivity index is 0.000000207. The van der Waals surface area contributed by atoms with Gasteiger partial charge in [-0.25, -0.2) is 9.59 Å². The molecule has 0 saturated carbocycles. The number of carbonyl (C=O) groups excluding carboxylic acids is 2. The molecule has 4 aromatic rings. The number of thioether (sulfide) groups is 2. The number of aliphatic hydroxyl groups is 2. The van der Waals surface area contributed by atoms with Gasteiger partial charge in [0.25, 0.3) is 0 Å². The van der Waals surface area contributed by atoms with Gasteiger partial charge in [0.1, 0.15) is 23.3 Å². The van der Waals surface area contributed by atoms with E-state index in [2.05, 4.69) is 9.97 Å². The van der Waals surface area contributed by atoms with E-state index in [1.54, 1.807) is 24.5 Å². The zero-order valence-electron chi connectivity index (χ0n) is 29.0. The molecule has 312 valence electrons. The summed E-state index contributed by atoms with van der Waals surface area (Å²) in [6.45, 7) is -0.0940. The predicted molar refractivity (Wildman–Crippen MR) is 206 cm³/mol. The summed E-state index contributed by atoms with van der Waals surface area (Å²) < 4.78 is 13.7. The number of benzene rings is 2. The number of hydrogen-bond donors (Lipinski definition) is 8. The number of H-pyrrole nitrogens is 2. The van der Waals surface area contributed by atoms with Crippen molar-refractivity contribution in [1.82, 2.24) is 9.97 Å². The van der Waals surface area contributed by atoms with Crippen LogP contribution in [0.25, 0.3) is 0 Å². The number of carboxylic acids is 4. The Hall–Kier alpha value is -4.62. The molecule has 0 spiro atoms. The first-order valence-corrected chi connectivity index (χ1v) is 19.3. The lowest BCUT2D eigenvalue weighted by Crippen LogP contribution is -2.55. The van der Waals surface area contributed by atoms with Gasteiger partial charge in [-0.1, -0.05) is 46.4 Å². The number of aromatic nitrogens is 4. The molecule has 2 aromatic carbocycles. The fourth-order valence-electron chi connectivity index (χ4n) is 4.52. The third-order valence-electron chi connectivity index (χ3n) is 7.21. The number of carbonyl (C=O) groups is 4. The van der Waals surface area contributed by atoms with Crippen molar-refractivity contribution in [2.24, 2.45) is 0 Å². The van der Waals surface area contributed by atoms with Gasteiger partial charge in [-0.15, -0.1) is 23.5 Å². The molecule has 2 aliphatic rings. The Bertz CT molecular complexity index is 2050. The van der Waals surface area contributed by atoms with E-state index >= 15 is 0 Å². The maximum atomic E-state index is 11.5. The smallest absolute Gasteiger partial charge is 0.499 e. The van der Waals surface area contributed by atoms with Crippen LogP contribution in [-0.4, -0.2) is 89.9 Å². The van der Waals surface area contributed by atoms with Gasteiger partial charge in [0.15, 0.2) is 11.6 Å². The van der Waals surface area contributed by atoms with E-state index in [4.69, 9.17) is 87.8 Å². The molecule has 0 unspecified atom stereocenters. The van der Waals surface area contributed by atoms with Crippen molar-refractivity contribution in [3.05, 3.63) is 112 Å². The molecule has 10 N–H and O–H groups in total. The molecule has 4 atom stereocenters. The number of ether oxygens (including phenoxy) is 2. The molecule has 0 aliphatic carbocycles. The average molecular weight is 929 g/mol. The summed E-state index contributed by atoms with van der Waals surface area (Å²) in [7, 11) is 0. The maximum absolute atomic E-state index is 11.5. The van der Waals surface area contributed by atoms with E-state index < -0.39 is 46.1 Å².